The molecule has 3 amide bonds. The molecule has 6 heteroatoms. The Balaban J connectivity index is 1.08. The maximum Gasteiger partial charge on any atom is 0.248 e. The molecule has 1 saturated heterocycles. The van der Waals surface area contributed by atoms with Crippen LogP contribution < -0.4 is 10.1 Å². The van der Waals surface area contributed by atoms with Crippen molar-refractivity contribution in [3.8, 4) is 11.5 Å². The lowest BCUT2D eigenvalue weighted by molar-refractivity contribution is -0.146. The number of nitrogens with zero attached hydrogens (tertiary/aromatic N) is 1. The predicted molar refractivity (Wildman–Crippen MR) is 165 cm³/mol. The van der Waals surface area contributed by atoms with Crippen LogP contribution in [0.25, 0.3) is 0 Å². The van der Waals surface area contributed by atoms with Gasteiger partial charge in [0.25, 0.3) is 0 Å². The second kappa shape index (κ2) is 10.5. The van der Waals surface area contributed by atoms with Crippen LogP contribution in [0.3, 0.4) is 0 Å². The average molecular weight is 575 g/mol. The summed E-state index contributed by atoms with van der Waals surface area (Å²) >= 11 is 0. The summed E-state index contributed by atoms with van der Waals surface area (Å²) in [6.45, 7) is 6.64. The number of hydrogen-bond acceptors (Lipinski definition) is 4. The van der Waals surface area contributed by atoms with E-state index in [1.165, 1.54) is 10.5 Å². The van der Waals surface area contributed by atoms with Crippen molar-refractivity contribution in [3.63, 3.8) is 0 Å². The van der Waals surface area contributed by atoms with Crippen LogP contribution in [0, 0.1) is 35.5 Å². The van der Waals surface area contributed by atoms with Crippen LogP contribution in [0.15, 0.2) is 91.0 Å². The topological polar surface area (TPSA) is 75.7 Å². The number of rotatable bonds is 9. The Hall–Kier alpha value is -4.19. The Morgan fingerprint density at radius 2 is 1.42 bits per heavy atom. The van der Waals surface area contributed by atoms with Gasteiger partial charge in [0.1, 0.15) is 17.5 Å². The fourth-order valence-electron chi connectivity index (χ4n) is 7.57. The molecule has 3 aromatic rings. The summed E-state index contributed by atoms with van der Waals surface area (Å²) in [6.07, 6.45) is 6.74. The normalized spacial score (nSPS) is 27.5. The van der Waals surface area contributed by atoms with Crippen molar-refractivity contribution in [2.75, 3.05) is 5.32 Å². The standard InChI is InChI=1S/C37H38N2O4/c1-4-37(2,3)23-10-14-25(15-11-23)43-26-16-12-24(13-17-26)38-34(40)31(20-22-8-6-5-7-9-22)39-35(41)32-27-18-19-28(30-21-29(27)30)33(32)36(39)42/h5-19,27-33H,4,20-21H2,1-3H3,(H,38,40)/t27-,28-,29-,30-,31-,32-,33+/m0/s1. The second-order valence-electron chi connectivity index (χ2n) is 13.3. The van der Waals surface area contributed by atoms with Crippen molar-refractivity contribution in [3.05, 3.63) is 102 Å². The predicted octanol–water partition coefficient (Wildman–Crippen LogP) is 6.77. The van der Waals surface area contributed by atoms with Crippen LogP contribution in [0.4, 0.5) is 5.69 Å². The number of benzene rings is 3. The zero-order chi connectivity index (χ0) is 29.9. The number of hydrogen-bond donors (Lipinski definition) is 1. The molecule has 0 spiro atoms. The molecule has 0 unspecified atom stereocenters. The third-order valence-corrected chi connectivity index (χ3v) is 10.5. The largest absolute Gasteiger partial charge is 0.457 e. The molecule has 2 saturated carbocycles. The molecule has 5 aliphatic rings. The van der Waals surface area contributed by atoms with Gasteiger partial charge in [-0.15, -0.1) is 0 Å². The fraction of sp³-hybridized carbons (Fsp3) is 0.378. The van der Waals surface area contributed by atoms with Crippen LogP contribution in [0.2, 0.25) is 0 Å². The van der Waals surface area contributed by atoms with E-state index in [0.717, 1.165) is 24.2 Å². The molecule has 1 heterocycles. The number of carbonyl (C=O) groups is 3. The first kappa shape index (κ1) is 27.6. The number of imide groups is 1. The highest BCUT2D eigenvalue weighted by Gasteiger charge is 2.67. The highest BCUT2D eigenvalue weighted by Crippen LogP contribution is 2.65. The zero-order valence-electron chi connectivity index (χ0n) is 24.9. The Morgan fingerprint density at radius 3 is 1.98 bits per heavy atom. The SMILES string of the molecule is CCC(C)(C)c1ccc(Oc2ccc(NC(=O)[C@H](Cc3ccccc3)N3C(=O)[C@@H]4[C@H]5C=C[C@@H]([C@@H]6C[C@@H]56)[C@@H]4C3=O)cc2)cc1. The summed E-state index contributed by atoms with van der Waals surface area (Å²) in [5.74, 6) is 1.23. The van der Waals surface area contributed by atoms with E-state index < -0.39 is 6.04 Å². The summed E-state index contributed by atoms with van der Waals surface area (Å²) in [5.41, 5.74) is 2.85. The lowest BCUT2D eigenvalue weighted by atomic mass is 9.63. The highest BCUT2D eigenvalue weighted by atomic mass is 16.5. The molecule has 4 aliphatic carbocycles. The number of nitrogens with one attached hydrogen (secondary N) is 1. The van der Waals surface area contributed by atoms with Crippen molar-refractivity contribution in [1.29, 1.82) is 0 Å². The highest BCUT2D eigenvalue weighted by molar-refractivity contribution is 6.10. The molecule has 3 aromatic carbocycles. The molecule has 43 heavy (non-hydrogen) atoms. The van der Waals surface area contributed by atoms with E-state index in [2.05, 4.69) is 50.4 Å². The van der Waals surface area contributed by atoms with Crippen molar-refractivity contribution in [1.82, 2.24) is 4.90 Å². The van der Waals surface area contributed by atoms with Gasteiger partial charge in [0.05, 0.1) is 11.8 Å². The van der Waals surface area contributed by atoms with Crippen LogP contribution in [-0.4, -0.2) is 28.7 Å². The number of carbonyl (C=O) groups excluding carboxylic acids is 3. The third-order valence-electron chi connectivity index (χ3n) is 10.5. The van der Waals surface area contributed by atoms with E-state index in [1.54, 1.807) is 12.1 Å². The molecular formula is C37H38N2O4. The lowest BCUT2D eigenvalue weighted by Crippen LogP contribution is -2.49. The van der Waals surface area contributed by atoms with Crippen LogP contribution >= 0.6 is 0 Å². The number of anilines is 1. The first-order valence-corrected chi connectivity index (χ1v) is 15.5. The summed E-state index contributed by atoms with van der Waals surface area (Å²) in [4.78, 5) is 42.9. The van der Waals surface area contributed by atoms with Crippen LogP contribution in [0.5, 0.6) is 11.5 Å². The molecule has 1 aliphatic heterocycles. The number of amides is 3. The van der Waals surface area contributed by atoms with Crippen molar-refractivity contribution >= 4 is 23.4 Å². The molecule has 6 nitrogen and oxygen atoms in total. The van der Waals surface area contributed by atoms with Gasteiger partial charge >= 0.3 is 0 Å². The van der Waals surface area contributed by atoms with E-state index >= 15 is 0 Å². The van der Waals surface area contributed by atoms with Gasteiger partial charge in [-0.05, 0) is 89.5 Å². The molecule has 7 atom stereocenters. The van der Waals surface area contributed by atoms with Crippen molar-refractivity contribution < 1.29 is 19.1 Å². The van der Waals surface area contributed by atoms with E-state index in [-0.39, 0.29) is 53.2 Å². The lowest BCUT2D eigenvalue weighted by Gasteiger charge is -2.37. The number of likely N-dealkylation sites (tertiary alicyclic amines) is 1. The van der Waals surface area contributed by atoms with Crippen LogP contribution in [-0.2, 0) is 26.2 Å². The smallest absolute Gasteiger partial charge is 0.248 e. The van der Waals surface area contributed by atoms with Gasteiger partial charge in [-0.2, -0.15) is 0 Å². The van der Waals surface area contributed by atoms with E-state index in [0.29, 0.717) is 23.3 Å². The second-order valence-corrected chi connectivity index (χ2v) is 13.3. The molecule has 2 bridgehead atoms. The van der Waals surface area contributed by atoms with Gasteiger partial charge in [0.15, 0.2) is 0 Å². The molecule has 3 fully saturated rings. The van der Waals surface area contributed by atoms with Gasteiger partial charge in [0, 0.05) is 12.1 Å². The van der Waals surface area contributed by atoms with E-state index in [4.69, 9.17) is 4.74 Å². The van der Waals surface area contributed by atoms with Crippen molar-refractivity contribution in [2.24, 2.45) is 35.5 Å². The van der Waals surface area contributed by atoms with E-state index in [1.807, 2.05) is 54.6 Å². The summed E-state index contributed by atoms with van der Waals surface area (Å²) < 4.78 is 6.05. The summed E-state index contributed by atoms with van der Waals surface area (Å²) in [5, 5.41) is 2.98. The maximum atomic E-state index is 13.9. The Labute approximate surface area is 253 Å². The van der Waals surface area contributed by atoms with Gasteiger partial charge < -0.3 is 10.1 Å². The van der Waals surface area contributed by atoms with Crippen molar-refractivity contribution in [2.45, 2.75) is 51.5 Å². The van der Waals surface area contributed by atoms with Gasteiger partial charge in [0.2, 0.25) is 17.7 Å². The quantitative estimate of drug-likeness (QED) is 0.226. The molecule has 0 aromatic heterocycles. The summed E-state index contributed by atoms with van der Waals surface area (Å²) in [6, 6.07) is 24.0. The molecular weight excluding hydrogens is 536 g/mol. The molecule has 1 N–H and O–H groups in total. The maximum absolute atomic E-state index is 13.9. The summed E-state index contributed by atoms with van der Waals surface area (Å²) in [7, 11) is 0. The minimum Gasteiger partial charge on any atom is -0.457 e. The average Bonchev–Trinajstić information content (AvgIpc) is 3.81. The minimum absolute atomic E-state index is 0.107. The number of ether oxygens (including phenoxy) is 1. The van der Waals surface area contributed by atoms with Crippen LogP contribution in [0.1, 0.15) is 44.7 Å². The Kier molecular flexibility index (Phi) is 6.76. The molecule has 0 radical (unpaired) electrons. The molecule has 220 valence electrons. The molecule has 8 rings (SSSR count). The van der Waals surface area contributed by atoms with Gasteiger partial charge in [-0.3, -0.25) is 19.3 Å². The number of allylic oxidation sites excluding steroid dienone is 2. The first-order chi connectivity index (χ1) is 20.7. The minimum atomic E-state index is -0.925. The third kappa shape index (κ3) is 4.87. The monoisotopic (exact) mass is 574 g/mol. The van der Waals surface area contributed by atoms with Gasteiger partial charge in [-0.25, -0.2) is 0 Å². The zero-order valence-corrected chi connectivity index (χ0v) is 24.9. The van der Waals surface area contributed by atoms with Gasteiger partial charge in [-0.1, -0.05) is 75.4 Å². The van der Waals surface area contributed by atoms with E-state index in [9.17, 15) is 14.4 Å². The first-order valence-electron chi connectivity index (χ1n) is 15.5. The fourth-order valence-corrected chi connectivity index (χ4v) is 7.57. The Bertz CT molecular complexity index is 1540. The Morgan fingerprint density at radius 1 is 0.860 bits per heavy atom.